The molecule has 0 aliphatic rings. The molecule has 0 bridgehead atoms. The van der Waals surface area contributed by atoms with Gasteiger partial charge >= 0.3 is 59.1 Å². The monoisotopic (exact) mass is 670 g/mol. The first kappa shape index (κ1) is 35.9. The molecule has 6 aromatic rings. The fourth-order valence-corrected chi connectivity index (χ4v) is 5.54. The Morgan fingerprint density at radius 2 is 1.20 bits per heavy atom. The molecule has 0 atom stereocenters. The van der Waals surface area contributed by atoms with Crippen molar-refractivity contribution in [1.82, 2.24) is 30.0 Å². The Labute approximate surface area is 312 Å². The predicted octanol–water partition coefficient (Wildman–Crippen LogP) is -1.50. The SMILES string of the molecule is O=S(=O)([O-])c1cc(-n2ncc(-c3ccccc3)n2)ccc1C=Cc1ccc(-n2ncc(-c3ccccc3)n2)cc1SOO[O-].[Na+].[Na+]. The van der Waals surface area contributed by atoms with Crippen LogP contribution in [0.4, 0.5) is 0 Å². The summed E-state index contributed by atoms with van der Waals surface area (Å²) >= 11 is 0.649. The van der Waals surface area contributed by atoms with Crippen molar-refractivity contribution in [3.63, 3.8) is 0 Å². The maximum atomic E-state index is 12.3. The van der Waals surface area contributed by atoms with Crippen LogP contribution in [0.5, 0.6) is 0 Å². The van der Waals surface area contributed by atoms with Crippen LogP contribution in [-0.4, -0.2) is 43.0 Å². The van der Waals surface area contributed by atoms with Crippen LogP contribution in [0.2, 0.25) is 0 Å². The van der Waals surface area contributed by atoms with Crippen LogP contribution in [0.15, 0.2) is 119 Å². The van der Waals surface area contributed by atoms with Gasteiger partial charge in [0.15, 0.2) is 0 Å². The molecule has 0 amide bonds. The van der Waals surface area contributed by atoms with Gasteiger partial charge in [0.25, 0.3) is 0 Å². The van der Waals surface area contributed by atoms with Crippen molar-refractivity contribution in [2.45, 2.75) is 9.79 Å². The van der Waals surface area contributed by atoms with Crippen LogP contribution in [-0.2, 0) is 19.5 Å². The third-order valence-electron chi connectivity index (χ3n) is 6.44. The second kappa shape index (κ2) is 16.2. The van der Waals surface area contributed by atoms with Crippen molar-refractivity contribution >= 4 is 34.3 Å². The fraction of sp³-hybridized carbons (Fsp3) is 0. The Balaban J connectivity index is 0.00000240. The third kappa shape index (κ3) is 8.49. The number of rotatable bonds is 10. The molecule has 0 radical (unpaired) electrons. The molecule has 2 aromatic heterocycles. The van der Waals surface area contributed by atoms with E-state index in [1.165, 1.54) is 27.8 Å². The number of aromatic nitrogens is 6. The van der Waals surface area contributed by atoms with E-state index in [1.54, 1.807) is 42.7 Å². The minimum atomic E-state index is -4.88. The molecule has 0 saturated carbocycles. The zero-order chi connectivity index (χ0) is 30.5. The van der Waals surface area contributed by atoms with Gasteiger partial charge in [-0.05, 0) is 35.4 Å². The summed E-state index contributed by atoms with van der Waals surface area (Å²) in [5.41, 5.74) is 4.51. The second-order valence-electron chi connectivity index (χ2n) is 9.22. The Kier molecular flexibility index (Phi) is 12.7. The molecule has 0 aliphatic heterocycles. The van der Waals surface area contributed by atoms with Crippen LogP contribution >= 0.6 is 12.0 Å². The van der Waals surface area contributed by atoms with E-state index in [-0.39, 0.29) is 64.7 Å². The van der Waals surface area contributed by atoms with E-state index in [1.807, 2.05) is 60.7 Å². The smallest absolute Gasteiger partial charge is 0.744 e. The van der Waals surface area contributed by atoms with Crippen LogP contribution in [0.1, 0.15) is 11.1 Å². The third-order valence-corrected chi connectivity index (χ3v) is 7.99. The summed E-state index contributed by atoms with van der Waals surface area (Å²) in [7, 11) is -4.88. The molecule has 4 aromatic carbocycles. The molecule has 2 heterocycles. The molecular formula is C30H20N6Na2O6S2. The normalized spacial score (nSPS) is 11.3. The van der Waals surface area contributed by atoms with Gasteiger partial charge < -0.3 is 9.81 Å². The number of benzene rings is 4. The van der Waals surface area contributed by atoms with Crippen molar-refractivity contribution < 1.29 is 86.7 Å². The van der Waals surface area contributed by atoms with Crippen LogP contribution < -0.4 is 64.4 Å². The van der Waals surface area contributed by atoms with Crippen molar-refractivity contribution in [3.8, 4) is 33.9 Å². The summed E-state index contributed by atoms with van der Waals surface area (Å²) in [4.78, 5) is 2.66. The van der Waals surface area contributed by atoms with Gasteiger partial charge in [-0.1, -0.05) is 84.9 Å². The van der Waals surface area contributed by atoms with Gasteiger partial charge in [-0.15, -0.1) is 10.2 Å². The first-order chi connectivity index (χ1) is 21.4. The van der Waals surface area contributed by atoms with E-state index in [0.29, 0.717) is 45.3 Å². The number of hydrogen-bond donors (Lipinski definition) is 0. The molecule has 46 heavy (non-hydrogen) atoms. The summed E-state index contributed by atoms with van der Waals surface area (Å²) in [6.45, 7) is 0. The largest absolute Gasteiger partial charge is 1.00 e. The molecule has 16 heteroatoms. The van der Waals surface area contributed by atoms with Crippen LogP contribution in [0, 0.1) is 0 Å². The van der Waals surface area contributed by atoms with Crippen LogP contribution in [0.3, 0.4) is 0 Å². The first-order valence-corrected chi connectivity index (χ1v) is 15.1. The molecule has 0 unspecified atom stereocenters. The predicted molar refractivity (Wildman–Crippen MR) is 159 cm³/mol. The Bertz CT molecular complexity index is 2060. The molecule has 0 saturated heterocycles. The Hall–Kier alpha value is -2.96. The van der Waals surface area contributed by atoms with Gasteiger partial charge in [0.05, 0.1) is 40.7 Å². The average molecular weight is 671 g/mol. The summed E-state index contributed by atoms with van der Waals surface area (Å²) < 4.78 is 41.3. The maximum absolute atomic E-state index is 12.3. The van der Waals surface area contributed by atoms with E-state index in [0.717, 1.165) is 11.1 Å². The minimum absolute atomic E-state index is 0. The van der Waals surface area contributed by atoms with Gasteiger partial charge in [0, 0.05) is 16.0 Å². The summed E-state index contributed by atoms with van der Waals surface area (Å²) in [5.74, 6) is 0. The summed E-state index contributed by atoms with van der Waals surface area (Å²) in [6, 6.07) is 28.3. The van der Waals surface area contributed by atoms with Gasteiger partial charge in [-0.2, -0.15) is 24.1 Å². The van der Waals surface area contributed by atoms with E-state index in [4.69, 9.17) is 0 Å². The quantitative estimate of drug-likeness (QED) is 0.0417. The van der Waals surface area contributed by atoms with E-state index in [2.05, 4.69) is 29.8 Å². The Morgan fingerprint density at radius 3 is 1.72 bits per heavy atom. The maximum Gasteiger partial charge on any atom is 1.00 e. The standard InChI is InChI=1S/C30H22N6O6S2.2Na/c37-41-42-43-29-17-25(35-31-19-27(33-35)21-7-3-1-4-8-21)15-13-23(29)11-12-24-14-16-26(18-30(24)44(38,39)40)36-32-20-28(34-36)22-9-5-2-6-10-22;;/h1-20,37H,(H,38,39,40);;/q;2*+1/p-2. The van der Waals surface area contributed by atoms with E-state index < -0.39 is 15.0 Å². The topological polar surface area (TPSA) is 160 Å². The van der Waals surface area contributed by atoms with E-state index in [9.17, 15) is 18.2 Å². The van der Waals surface area contributed by atoms with Gasteiger partial charge in [0.2, 0.25) is 0 Å². The van der Waals surface area contributed by atoms with E-state index >= 15 is 0 Å². The van der Waals surface area contributed by atoms with Crippen molar-refractivity contribution in [1.29, 1.82) is 0 Å². The first-order valence-electron chi connectivity index (χ1n) is 12.9. The van der Waals surface area contributed by atoms with Gasteiger partial charge in [-0.3, -0.25) is 5.04 Å². The summed E-state index contributed by atoms with van der Waals surface area (Å²) in [6.07, 6.45) is 6.22. The molecule has 6 rings (SSSR count). The zero-order valence-electron chi connectivity index (χ0n) is 24.5. The van der Waals surface area contributed by atoms with Crippen molar-refractivity contribution in [2.24, 2.45) is 0 Å². The molecule has 0 spiro atoms. The Morgan fingerprint density at radius 1 is 0.696 bits per heavy atom. The summed E-state index contributed by atoms with van der Waals surface area (Å²) in [5, 5.41) is 31.6. The molecule has 220 valence electrons. The molecule has 12 nitrogen and oxygen atoms in total. The van der Waals surface area contributed by atoms with Gasteiger partial charge in [-0.25, -0.2) is 8.42 Å². The molecule has 0 aliphatic carbocycles. The zero-order valence-corrected chi connectivity index (χ0v) is 30.1. The van der Waals surface area contributed by atoms with Crippen molar-refractivity contribution in [3.05, 3.63) is 121 Å². The molecule has 0 fully saturated rings. The van der Waals surface area contributed by atoms with Gasteiger partial charge in [0.1, 0.15) is 21.5 Å². The second-order valence-corrected chi connectivity index (χ2v) is 11.3. The number of hydrogen-bond acceptors (Lipinski definition) is 11. The molecule has 0 N–H and O–H groups in total. The fourth-order valence-electron chi connectivity index (χ4n) is 4.35. The number of nitrogens with zero attached hydrogens (tertiary/aromatic N) is 6. The van der Waals surface area contributed by atoms with Crippen molar-refractivity contribution in [2.75, 3.05) is 0 Å². The average Bonchev–Trinajstić information content (AvgIpc) is 3.75. The minimum Gasteiger partial charge on any atom is -0.744 e. The molecular weight excluding hydrogens is 650 g/mol. The van der Waals surface area contributed by atoms with Crippen LogP contribution in [0.25, 0.3) is 46.0 Å².